The molecule has 3 heterocycles. The Labute approximate surface area is 168 Å². The predicted octanol–water partition coefficient (Wildman–Crippen LogP) is 3.51. The van der Waals surface area contributed by atoms with Crippen LogP contribution in [0.5, 0.6) is 0 Å². The zero-order valence-electron chi connectivity index (χ0n) is 16.8. The molecule has 2 saturated heterocycles. The van der Waals surface area contributed by atoms with Gasteiger partial charge in [0, 0.05) is 38.2 Å². The third kappa shape index (κ3) is 4.00. The first-order valence-corrected chi connectivity index (χ1v) is 10.4. The number of fused-ring (bicyclic) bond motifs is 2. The lowest BCUT2D eigenvalue weighted by Crippen LogP contribution is -2.47. The summed E-state index contributed by atoms with van der Waals surface area (Å²) in [7, 11) is 0. The van der Waals surface area contributed by atoms with Gasteiger partial charge in [0.1, 0.15) is 5.82 Å². The van der Waals surface area contributed by atoms with E-state index in [2.05, 4.69) is 9.97 Å². The molecule has 0 radical (unpaired) electrons. The fourth-order valence-corrected chi connectivity index (χ4v) is 4.94. The molecule has 0 spiro atoms. The Morgan fingerprint density at radius 1 is 1.21 bits per heavy atom. The minimum Gasteiger partial charge on any atom is -0.466 e. The van der Waals surface area contributed by atoms with Crippen molar-refractivity contribution in [1.82, 2.24) is 9.97 Å². The van der Waals surface area contributed by atoms with Gasteiger partial charge in [-0.1, -0.05) is 0 Å². The summed E-state index contributed by atoms with van der Waals surface area (Å²) < 4.78 is 45.5. The summed E-state index contributed by atoms with van der Waals surface area (Å²) in [5.41, 5.74) is -0.891. The van der Waals surface area contributed by atoms with E-state index in [1.165, 1.54) is 0 Å². The van der Waals surface area contributed by atoms with Crippen LogP contribution in [0.3, 0.4) is 0 Å². The number of nitrogens with zero attached hydrogens (tertiary/aromatic N) is 4. The Balaban J connectivity index is 1.56. The number of carbonyl (C=O) groups is 1. The second kappa shape index (κ2) is 7.65. The van der Waals surface area contributed by atoms with E-state index < -0.39 is 11.9 Å². The van der Waals surface area contributed by atoms with Gasteiger partial charge in [-0.25, -0.2) is 4.98 Å². The maximum absolute atomic E-state index is 13.5. The molecule has 29 heavy (non-hydrogen) atoms. The average molecular weight is 412 g/mol. The van der Waals surface area contributed by atoms with E-state index in [1.54, 1.807) is 6.92 Å². The lowest BCUT2D eigenvalue weighted by Gasteiger charge is -2.41. The van der Waals surface area contributed by atoms with Crippen molar-refractivity contribution in [2.75, 3.05) is 36.0 Å². The summed E-state index contributed by atoms with van der Waals surface area (Å²) in [6.07, 6.45) is -1.22. The second-order valence-corrected chi connectivity index (χ2v) is 8.42. The van der Waals surface area contributed by atoms with Gasteiger partial charge >= 0.3 is 12.1 Å². The molecule has 0 amide bonds. The minimum absolute atomic E-state index is 0.151. The van der Waals surface area contributed by atoms with Crippen molar-refractivity contribution in [2.45, 2.75) is 51.7 Å². The molecule has 2 unspecified atom stereocenters. The third-order valence-corrected chi connectivity index (χ3v) is 6.63. The van der Waals surface area contributed by atoms with Gasteiger partial charge in [0.2, 0.25) is 5.95 Å². The molecule has 3 aliphatic rings. The SMILES string of the molecule is CCOC(=O)CC1C2CCC1CN(c1cc(C(F)(F)F)nc(N3CC[C@@H]3C)n1)C2. The van der Waals surface area contributed by atoms with Crippen molar-refractivity contribution in [3.8, 4) is 0 Å². The molecular weight excluding hydrogens is 385 g/mol. The van der Waals surface area contributed by atoms with Crippen LogP contribution in [0.2, 0.25) is 0 Å². The quantitative estimate of drug-likeness (QED) is 0.690. The summed E-state index contributed by atoms with van der Waals surface area (Å²) in [6, 6.07) is 1.22. The van der Waals surface area contributed by atoms with Crippen LogP contribution in [0.15, 0.2) is 6.07 Å². The number of piperidine rings is 1. The minimum atomic E-state index is -4.51. The highest BCUT2D eigenvalue weighted by molar-refractivity contribution is 5.70. The van der Waals surface area contributed by atoms with Crippen molar-refractivity contribution >= 4 is 17.7 Å². The van der Waals surface area contributed by atoms with Gasteiger partial charge in [-0.3, -0.25) is 4.79 Å². The number of anilines is 2. The smallest absolute Gasteiger partial charge is 0.433 e. The number of alkyl halides is 3. The number of carbonyl (C=O) groups excluding carboxylic acids is 1. The van der Waals surface area contributed by atoms with Crippen molar-refractivity contribution in [3.63, 3.8) is 0 Å². The van der Waals surface area contributed by atoms with Crippen LogP contribution in [0, 0.1) is 17.8 Å². The molecule has 0 aromatic carbocycles. The largest absolute Gasteiger partial charge is 0.466 e. The molecule has 0 N–H and O–H groups in total. The Kier molecular flexibility index (Phi) is 5.33. The summed E-state index contributed by atoms with van der Waals surface area (Å²) in [5.74, 6) is 1.10. The average Bonchev–Trinajstić information content (AvgIpc) is 2.87. The number of aromatic nitrogens is 2. The van der Waals surface area contributed by atoms with E-state index in [4.69, 9.17) is 4.74 Å². The van der Waals surface area contributed by atoms with Crippen LogP contribution in [-0.4, -0.2) is 48.2 Å². The maximum Gasteiger partial charge on any atom is 0.433 e. The Bertz CT molecular complexity index is 759. The van der Waals surface area contributed by atoms with Crippen molar-refractivity contribution in [2.24, 2.45) is 17.8 Å². The highest BCUT2D eigenvalue weighted by Crippen LogP contribution is 2.45. The number of esters is 1. The molecule has 3 fully saturated rings. The second-order valence-electron chi connectivity index (χ2n) is 8.42. The lowest BCUT2D eigenvalue weighted by atomic mass is 9.82. The molecule has 1 aromatic rings. The van der Waals surface area contributed by atoms with Gasteiger partial charge in [0.25, 0.3) is 0 Å². The summed E-state index contributed by atoms with van der Waals surface area (Å²) in [5, 5.41) is 0. The fraction of sp³-hybridized carbons (Fsp3) is 0.750. The van der Waals surface area contributed by atoms with Crippen LogP contribution in [0.25, 0.3) is 0 Å². The molecule has 4 rings (SSSR count). The molecule has 9 heteroatoms. The molecule has 160 valence electrons. The number of halogens is 3. The molecular formula is C20H27F3N4O2. The van der Waals surface area contributed by atoms with Crippen LogP contribution >= 0.6 is 0 Å². The Hall–Kier alpha value is -2.06. The summed E-state index contributed by atoms with van der Waals surface area (Å²) in [4.78, 5) is 24.0. The third-order valence-electron chi connectivity index (χ3n) is 6.63. The standard InChI is InChI=1S/C20H27F3N4O2/c1-3-29-18(28)8-15-13-4-5-14(15)11-26(10-13)17-9-16(20(21,22)23)24-19(25-17)27-7-6-12(27)2/h9,12-15H,3-8,10-11H2,1-2H3/t12-,13?,14?,15?/m0/s1. The molecule has 2 bridgehead atoms. The molecule has 1 aromatic heterocycles. The van der Waals surface area contributed by atoms with Gasteiger partial charge in [0.05, 0.1) is 6.61 Å². The zero-order valence-corrected chi connectivity index (χ0v) is 16.8. The van der Waals surface area contributed by atoms with Gasteiger partial charge in [-0.2, -0.15) is 18.2 Å². The van der Waals surface area contributed by atoms with Crippen LogP contribution < -0.4 is 9.80 Å². The Morgan fingerprint density at radius 2 is 1.90 bits per heavy atom. The van der Waals surface area contributed by atoms with E-state index in [0.29, 0.717) is 38.5 Å². The normalized spacial score (nSPS) is 29.0. The van der Waals surface area contributed by atoms with Gasteiger partial charge < -0.3 is 14.5 Å². The first-order valence-electron chi connectivity index (χ1n) is 10.4. The first-order chi connectivity index (χ1) is 13.8. The molecule has 1 saturated carbocycles. The van der Waals surface area contributed by atoms with Crippen LogP contribution in [0.1, 0.15) is 45.2 Å². The number of hydrogen-bond acceptors (Lipinski definition) is 6. The maximum atomic E-state index is 13.5. The monoisotopic (exact) mass is 412 g/mol. The lowest BCUT2D eigenvalue weighted by molar-refractivity contribution is -0.145. The van der Waals surface area contributed by atoms with E-state index >= 15 is 0 Å². The molecule has 6 nitrogen and oxygen atoms in total. The van der Waals surface area contributed by atoms with Crippen LogP contribution in [-0.2, 0) is 15.7 Å². The topological polar surface area (TPSA) is 58.6 Å². The number of rotatable bonds is 5. The summed E-state index contributed by atoms with van der Waals surface area (Å²) in [6.45, 7) is 6.03. The zero-order chi connectivity index (χ0) is 20.8. The Morgan fingerprint density at radius 3 is 2.41 bits per heavy atom. The highest BCUT2D eigenvalue weighted by Gasteiger charge is 2.44. The van der Waals surface area contributed by atoms with Crippen molar-refractivity contribution in [3.05, 3.63) is 11.8 Å². The van der Waals surface area contributed by atoms with Crippen LogP contribution in [0.4, 0.5) is 24.9 Å². The number of ether oxygens (including phenoxy) is 1. The predicted molar refractivity (Wildman–Crippen MR) is 102 cm³/mol. The molecule has 3 atom stereocenters. The highest BCUT2D eigenvalue weighted by atomic mass is 19.4. The van der Waals surface area contributed by atoms with Gasteiger partial charge in [-0.15, -0.1) is 0 Å². The van der Waals surface area contributed by atoms with Crippen molar-refractivity contribution in [1.29, 1.82) is 0 Å². The summed E-state index contributed by atoms with van der Waals surface area (Å²) >= 11 is 0. The van der Waals surface area contributed by atoms with E-state index in [-0.39, 0.29) is 35.7 Å². The molecule has 2 aliphatic heterocycles. The number of hydrogen-bond donors (Lipinski definition) is 0. The first kappa shape index (κ1) is 20.2. The van der Waals surface area contributed by atoms with Gasteiger partial charge in [0.15, 0.2) is 5.69 Å². The van der Waals surface area contributed by atoms with E-state index in [0.717, 1.165) is 25.3 Å². The van der Waals surface area contributed by atoms with Crippen molar-refractivity contribution < 1.29 is 22.7 Å². The fourth-order valence-electron chi connectivity index (χ4n) is 4.94. The van der Waals surface area contributed by atoms with E-state index in [1.807, 2.05) is 16.7 Å². The molecule has 1 aliphatic carbocycles. The van der Waals surface area contributed by atoms with Gasteiger partial charge in [-0.05, 0) is 50.9 Å². The van der Waals surface area contributed by atoms with E-state index in [9.17, 15) is 18.0 Å².